The summed E-state index contributed by atoms with van der Waals surface area (Å²) in [5.41, 5.74) is 0. The molecule has 0 aliphatic carbocycles. The lowest BCUT2D eigenvalue weighted by Gasteiger charge is -2.15. The molecule has 0 rings (SSSR count). The second-order valence-corrected chi connectivity index (χ2v) is 15.1. The Morgan fingerprint density at radius 1 is 0.562 bits per heavy atom. The van der Waals surface area contributed by atoms with Crippen molar-refractivity contribution >= 4 is 19.7 Å². The number of aliphatic hydroxyl groups excluding tert-OH is 1. The van der Waals surface area contributed by atoms with Gasteiger partial charge in [0.2, 0.25) is 5.91 Å². The zero-order chi connectivity index (χ0) is 35.4. The lowest BCUT2D eigenvalue weighted by Crippen LogP contribution is -2.27. The topological polar surface area (TPSA) is 131 Å². The summed E-state index contributed by atoms with van der Waals surface area (Å²) in [5.74, 6) is -0.520. The van der Waals surface area contributed by atoms with Gasteiger partial charge < -0.3 is 20.1 Å². The quantitative estimate of drug-likeness (QED) is 0.0329. The summed E-state index contributed by atoms with van der Waals surface area (Å²) in [4.78, 5) is 33.5. The van der Waals surface area contributed by atoms with Gasteiger partial charge in [0, 0.05) is 19.4 Å². The predicted molar refractivity (Wildman–Crippen MR) is 197 cm³/mol. The number of carbonyl (C=O) groups is 2. The van der Waals surface area contributed by atoms with Crippen LogP contribution in [0.1, 0.15) is 200 Å². The third-order valence-corrected chi connectivity index (χ3v) is 9.77. The molecule has 0 saturated carbocycles. The molecule has 0 bridgehead atoms. The van der Waals surface area contributed by atoms with Gasteiger partial charge in [-0.1, -0.05) is 174 Å². The van der Waals surface area contributed by atoms with Crippen LogP contribution in [0.15, 0.2) is 0 Å². The highest BCUT2D eigenvalue weighted by molar-refractivity contribution is 7.47. The van der Waals surface area contributed by atoms with E-state index in [0.29, 0.717) is 12.8 Å². The van der Waals surface area contributed by atoms with Gasteiger partial charge in [0.05, 0.1) is 13.2 Å². The van der Waals surface area contributed by atoms with Gasteiger partial charge in [-0.2, -0.15) is 0 Å². The van der Waals surface area contributed by atoms with Crippen LogP contribution in [0.3, 0.4) is 0 Å². The third kappa shape index (κ3) is 36.3. The van der Waals surface area contributed by atoms with E-state index in [1.165, 1.54) is 122 Å². The molecule has 286 valence electrons. The van der Waals surface area contributed by atoms with E-state index >= 15 is 0 Å². The van der Waals surface area contributed by atoms with Gasteiger partial charge in [0.1, 0.15) is 12.7 Å². The molecule has 3 N–H and O–H groups in total. The third-order valence-electron chi connectivity index (χ3n) is 8.79. The van der Waals surface area contributed by atoms with Crippen molar-refractivity contribution in [2.75, 3.05) is 26.4 Å². The molecule has 48 heavy (non-hydrogen) atoms. The number of ether oxygens (including phenoxy) is 1. The van der Waals surface area contributed by atoms with Gasteiger partial charge in [-0.3, -0.25) is 18.6 Å². The van der Waals surface area contributed by atoms with E-state index in [2.05, 4.69) is 19.2 Å². The smallest absolute Gasteiger partial charge is 0.463 e. The van der Waals surface area contributed by atoms with Crippen molar-refractivity contribution in [3.8, 4) is 0 Å². The van der Waals surface area contributed by atoms with Crippen molar-refractivity contribution < 1.29 is 37.9 Å². The van der Waals surface area contributed by atoms with Crippen LogP contribution in [0.25, 0.3) is 0 Å². The summed E-state index contributed by atoms with van der Waals surface area (Å²) in [7, 11) is -4.39. The molecule has 2 unspecified atom stereocenters. The van der Waals surface area contributed by atoms with Crippen LogP contribution in [-0.4, -0.2) is 54.3 Å². The van der Waals surface area contributed by atoms with Gasteiger partial charge in [-0.05, 0) is 12.8 Å². The second kappa shape index (κ2) is 35.8. The maximum Gasteiger partial charge on any atom is 0.472 e. The summed E-state index contributed by atoms with van der Waals surface area (Å²) in [6.45, 7) is 3.48. The van der Waals surface area contributed by atoms with Crippen LogP contribution < -0.4 is 5.32 Å². The molecular weight excluding hydrogens is 629 g/mol. The Balaban J connectivity index is 3.48. The van der Waals surface area contributed by atoms with Gasteiger partial charge in [-0.25, -0.2) is 4.57 Å². The Labute approximate surface area is 295 Å². The van der Waals surface area contributed by atoms with Crippen molar-refractivity contribution in [1.29, 1.82) is 0 Å². The van der Waals surface area contributed by atoms with E-state index in [1.807, 2.05) is 0 Å². The number of hydrogen-bond acceptors (Lipinski definition) is 7. The van der Waals surface area contributed by atoms with Crippen molar-refractivity contribution in [2.24, 2.45) is 0 Å². The van der Waals surface area contributed by atoms with E-state index in [-0.39, 0.29) is 25.7 Å². The average molecular weight is 706 g/mol. The monoisotopic (exact) mass is 706 g/mol. The number of unbranched alkanes of at least 4 members (excludes halogenated alkanes) is 25. The number of esters is 1. The Kier molecular flexibility index (Phi) is 35.1. The van der Waals surface area contributed by atoms with Gasteiger partial charge in [0.25, 0.3) is 0 Å². The first-order valence-electron chi connectivity index (χ1n) is 20.0. The molecule has 0 aliphatic heterocycles. The number of carbonyl (C=O) groups excluding carboxylic acids is 2. The molecule has 0 aliphatic rings. The molecule has 0 radical (unpaired) electrons. The van der Waals surface area contributed by atoms with E-state index < -0.39 is 26.5 Å². The molecule has 0 saturated heterocycles. The van der Waals surface area contributed by atoms with Crippen molar-refractivity contribution in [3.63, 3.8) is 0 Å². The second-order valence-electron chi connectivity index (χ2n) is 13.6. The molecule has 0 heterocycles. The number of aliphatic hydroxyl groups is 1. The maximum atomic E-state index is 12.0. The average Bonchev–Trinajstić information content (AvgIpc) is 3.07. The highest BCUT2D eigenvalue weighted by Gasteiger charge is 2.23. The van der Waals surface area contributed by atoms with Crippen LogP contribution in [0.5, 0.6) is 0 Å². The van der Waals surface area contributed by atoms with E-state index in [9.17, 15) is 24.2 Å². The lowest BCUT2D eigenvalue weighted by molar-refractivity contribution is -0.147. The summed E-state index contributed by atoms with van der Waals surface area (Å²) in [5, 5.41) is 12.6. The van der Waals surface area contributed by atoms with Crippen LogP contribution in [-0.2, 0) is 27.9 Å². The minimum atomic E-state index is -4.39. The fraction of sp³-hybridized carbons (Fsp3) is 0.947. The minimum absolute atomic E-state index is 0.0848. The first-order valence-corrected chi connectivity index (χ1v) is 21.5. The summed E-state index contributed by atoms with van der Waals surface area (Å²) < 4.78 is 26.6. The summed E-state index contributed by atoms with van der Waals surface area (Å²) in [6.07, 6.45) is 33.7. The van der Waals surface area contributed by atoms with Gasteiger partial charge in [-0.15, -0.1) is 0 Å². The van der Waals surface area contributed by atoms with Crippen LogP contribution >= 0.6 is 7.82 Å². The van der Waals surface area contributed by atoms with Crippen molar-refractivity contribution in [3.05, 3.63) is 0 Å². The molecule has 0 aromatic rings. The maximum absolute atomic E-state index is 12.0. The van der Waals surface area contributed by atoms with Crippen molar-refractivity contribution in [1.82, 2.24) is 5.32 Å². The van der Waals surface area contributed by atoms with E-state index in [1.54, 1.807) is 0 Å². The number of phosphoric acid groups is 1. The summed E-state index contributed by atoms with van der Waals surface area (Å²) in [6, 6.07) is 0. The molecule has 0 fully saturated rings. The van der Waals surface area contributed by atoms with E-state index in [0.717, 1.165) is 51.4 Å². The Bertz CT molecular complexity index is 769. The Morgan fingerprint density at radius 2 is 0.938 bits per heavy atom. The predicted octanol–water partition coefficient (Wildman–Crippen LogP) is 10.5. The molecule has 0 spiro atoms. The first-order chi connectivity index (χ1) is 23.3. The van der Waals surface area contributed by atoms with Gasteiger partial charge >= 0.3 is 13.8 Å². The van der Waals surface area contributed by atoms with E-state index in [4.69, 9.17) is 13.8 Å². The first kappa shape index (κ1) is 47.0. The number of nitrogens with one attached hydrogen (secondary N) is 1. The fourth-order valence-electron chi connectivity index (χ4n) is 5.73. The van der Waals surface area contributed by atoms with Crippen molar-refractivity contribution in [2.45, 2.75) is 206 Å². The zero-order valence-corrected chi connectivity index (χ0v) is 32.1. The standard InChI is InChI=1S/C38H76NO8P/c1-3-5-7-9-10-11-12-13-14-15-16-17-18-19-20-21-22-23-24-25-27-29-31-38(42)45-34-36(40)35-47-48(43,44)46-33-32-39-37(41)30-28-26-8-6-4-2/h36,40H,3-35H2,1-2H3,(H,39,41)(H,43,44). The van der Waals surface area contributed by atoms with Crippen LogP contribution in [0, 0.1) is 0 Å². The lowest BCUT2D eigenvalue weighted by atomic mass is 10.0. The molecular formula is C38H76NO8P. The molecule has 10 heteroatoms. The summed E-state index contributed by atoms with van der Waals surface area (Å²) >= 11 is 0. The minimum Gasteiger partial charge on any atom is -0.463 e. The molecule has 0 aromatic heterocycles. The number of rotatable bonds is 38. The molecule has 0 aromatic carbocycles. The SMILES string of the molecule is CCCCCCCCCCCCCCCCCCCCCCCCC(=O)OCC(O)COP(=O)(O)OCCNC(=O)CCCCCCC. The molecule has 2 atom stereocenters. The highest BCUT2D eigenvalue weighted by atomic mass is 31.2. The Hall–Kier alpha value is -0.990. The fourth-order valence-corrected chi connectivity index (χ4v) is 6.49. The Morgan fingerprint density at radius 3 is 1.35 bits per heavy atom. The van der Waals surface area contributed by atoms with Crippen LogP contribution in [0.4, 0.5) is 0 Å². The molecule has 9 nitrogen and oxygen atoms in total. The normalized spacial score (nSPS) is 13.3. The highest BCUT2D eigenvalue weighted by Crippen LogP contribution is 2.42. The van der Waals surface area contributed by atoms with Crippen LogP contribution in [0.2, 0.25) is 0 Å². The zero-order valence-electron chi connectivity index (χ0n) is 31.2. The number of phosphoric ester groups is 1. The number of hydrogen-bond donors (Lipinski definition) is 3. The van der Waals surface area contributed by atoms with Gasteiger partial charge in [0.15, 0.2) is 0 Å². The molecule has 1 amide bonds. The largest absolute Gasteiger partial charge is 0.472 e. The number of amides is 1.